The standard InChI is InChI=1S/C24H23N3O3/c28-22(26-12-14-27(15-13-26)23(29)24(30)9-10-24)18-5-3-17(4-6-18)19-7-8-21-20(16-19)2-1-11-25-21/h1-8,11,16,30H,9-10,12-15H2. The summed E-state index contributed by atoms with van der Waals surface area (Å²) in [5.41, 5.74) is 2.59. The summed E-state index contributed by atoms with van der Waals surface area (Å²) in [7, 11) is 0. The van der Waals surface area contributed by atoms with E-state index in [1.807, 2.05) is 48.5 Å². The Bertz CT molecular complexity index is 1110. The molecule has 3 aromatic rings. The third kappa shape index (κ3) is 3.44. The molecule has 152 valence electrons. The minimum absolute atomic E-state index is 0.0264. The Morgan fingerprint density at radius 2 is 1.53 bits per heavy atom. The first-order valence-electron chi connectivity index (χ1n) is 10.3. The number of piperazine rings is 1. The van der Waals surface area contributed by atoms with Crippen molar-refractivity contribution in [2.45, 2.75) is 18.4 Å². The quantitative estimate of drug-likeness (QED) is 0.732. The molecule has 1 saturated carbocycles. The van der Waals surface area contributed by atoms with E-state index in [2.05, 4.69) is 11.1 Å². The Morgan fingerprint density at radius 3 is 2.23 bits per heavy atom. The fourth-order valence-corrected chi connectivity index (χ4v) is 3.98. The van der Waals surface area contributed by atoms with Crippen molar-refractivity contribution >= 4 is 22.7 Å². The maximum atomic E-state index is 12.9. The Morgan fingerprint density at radius 1 is 0.867 bits per heavy atom. The molecule has 2 fully saturated rings. The van der Waals surface area contributed by atoms with Gasteiger partial charge in [-0.05, 0) is 54.3 Å². The molecular formula is C24H23N3O3. The lowest BCUT2D eigenvalue weighted by Crippen LogP contribution is -2.53. The summed E-state index contributed by atoms with van der Waals surface area (Å²) in [6, 6.07) is 17.7. The molecule has 1 aliphatic carbocycles. The lowest BCUT2D eigenvalue weighted by atomic mass is 10.0. The predicted octanol–water partition coefficient (Wildman–Crippen LogP) is 2.71. The highest BCUT2D eigenvalue weighted by molar-refractivity contribution is 5.95. The number of nitrogens with zero attached hydrogens (tertiary/aromatic N) is 3. The Hall–Kier alpha value is -3.25. The van der Waals surface area contributed by atoms with Crippen LogP contribution in [0.1, 0.15) is 23.2 Å². The van der Waals surface area contributed by atoms with Gasteiger partial charge in [-0.25, -0.2) is 0 Å². The van der Waals surface area contributed by atoms with E-state index in [4.69, 9.17) is 0 Å². The van der Waals surface area contributed by atoms with Gasteiger partial charge < -0.3 is 14.9 Å². The average Bonchev–Trinajstić information content (AvgIpc) is 3.56. The van der Waals surface area contributed by atoms with Crippen molar-refractivity contribution < 1.29 is 14.7 Å². The van der Waals surface area contributed by atoms with Crippen LogP contribution in [0.3, 0.4) is 0 Å². The molecule has 2 aliphatic rings. The molecule has 1 saturated heterocycles. The number of hydrogen-bond acceptors (Lipinski definition) is 4. The number of aromatic nitrogens is 1. The molecule has 6 heteroatoms. The monoisotopic (exact) mass is 401 g/mol. The lowest BCUT2D eigenvalue weighted by Gasteiger charge is -2.35. The van der Waals surface area contributed by atoms with Gasteiger partial charge in [0.15, 0.2) is 0 Å². The molecule has 2 heterocycles. The topological polar surface area (TPSA) is 73.7 Å². The van der Waals surface area contributed by atoms with Crippen LogP contribution in [0.25, 0.3) is 22.0 Å². The second-order valence-electron chi connectivity index (χ2n) is 8.10. The summed E-state index contributed by atoms with van der Waals surface area (Å²) < 4.78 is 0. The first kappa shape index (κ1) is 18.8. The van der Waals surface area contributed by atoms with Crippen molar-refractivity contribution in [2.75, 3.05) is 26.2 Å². The molecule has 1 N–H and O–H groups in total. The average molecular weight is 401 g/mol. The van der Waals surface area contributed by atoms with Gasteiger partial charge in [-0.2, -0.15) is 0 Å². The predicted molar refractivity (Wildman–Crippen MR) is 114 cm³/mol. The Balaban J connectivity index is 1.26. The summed E-state index contributed by atoms with van der Waals surface area (Å²) in [5.74, 6) is -0.217. The summed E-state index contributed by atoms with van der Waals surface area (Å²) in [5, 5.41) is 11.1. The molecule has 2 amide bonds. The van der Waals surface area contributed by atoms with Crippen molar-refractivity contribution in [2.24, 2.45) is 0 Å². The molecule has 0 spiro atoms. The zero-order valence-corrected chi connectivity index (χ0v) is 16.6. The SMILES string of the molecule is O=C(c1ccc(-c2ccc3ncccc3c2)cc1)N1CCN(C(=O)C2(O)CC2)CC1. The summed E-state index contributed by atoms with van der Waals surface area (Å²) >= 11 is 0. The molecular weight excluding hydrogens is 378 g/mol. The first-order chi connectivity index (χ1) is 14.5. The van der Waals surface area contributed by atoms with Crippen LogP contribution in [0.4, 0.5) is 0 Å². The van der Waals surface area contributed by atoms with Gasteiger partial charge in [0.2, 0.25) is 0 Å². The highest BCUT2D eigenvalue weighted by atomic mass is 16.3. The normalized spacial score (nSPS) is 17.8. The number of carbonyl (C=O) groups is 2. The van der Waals surface area contributed by atoms with Gasteiger partial charge in [-0.1, -0.05) is 24.3 Å². The van der Waals surface area contributed by atoms with Gasteiger partial charge in [-0.15, -0.1) is 0 Å². The van der Waals surface area contributed by atoms with Gasteiger partial charge in [0.1, 0.15) is 5.60 Å². The van der Waals surface area contributed by atoms with Crippen molar-refractivity contribution in [3.63, 3.8) is 0 Å². The van der Waals surface area contributed by atoms with E-state index >= 15 is 0 Å². The minimum Gasteiger partial charge on any atom is -0.380 e. The van der Waals surface area contributed by atoms with E-state index in [1.165, 1.54) is 0 Å². The van der Waals surface area contributed by atoms with Crippen molar-refractivity contribution in [3.05, 3.63) is 66.4 Å². The molecule has 1 aromatic heterocycles. The van der Waals surface area contributed by atoms with Crippen LogP contribution in [0.15, 0.2) is 60.8 Å². The number of aliphatic hydroxyl groups is 1. The number of carbonyl (C=O) groups excluding carboxylic acids is 2. The third-order valence-electron chi connectivity index (χ3n) is 6.04. The first-order valence-corrected chi connectivity index (χ1v) is 10.3. The molecule has 30 heavy (non-hydrogen) atoms. The highest BCUT2D eigenvalue weighted by Gasteiger charge is 2.50. The molecule has 0 bridgehead atoms. The van der Waals surface area contributed by atoms with Crippen molar-refractivity contribution in [3.8, 4) is 11.1 Å². The number of fused-ring (bicyclic) bond motifs is 1. The van der Waals surface area contributed by atoms with Gasteiger partial charge in [-0.3, -0.25) is 14.6 Å². The maximum absolute atomic E-state index is 12.9. The van der Waals surface area contributed by atoms with Crippen molar-refractivity contribution in [1.82, 2.24) is 14.8 Å². The summed E-state index contributed by atoms with van der Waals surface area (Å²) in [6.07, 6.45) is 2.88. The smallest absolute Gasteiger partial charge is 0.254 e. The van der Waals surface area contributed by atoms with Crippen LogP contribution in [-0.2, 0) is 4.79 Å². The number of rotatable bonds is 3. The lowest BCUT2D eigenvalue weighted by molar-refractivity contribution is -0.143. The molecule has 5 rings (SSSR count). The fraction of sp³-hybridized carbons (Fsp3) is 0.292. The van der Waals surface area contributed by atoms with Crippen LogP contribution < -0.4 is 0 Å². The number of amides is 2. The number of pyridine rings is 1. The van der Waals surface area contributed by atoms with Crippen LogP contribution in [-0.4, -0.2) is 63.5 Å². The van der Waals surface area contributed by atoms with E-state index in [1.54, 1.807) is 16.0 Å². The Kier molecular flexibility index (Phi) is 4.51. The minimum atomic E-state index is -1.14. The zero-order chi connectivity index (χ0) is 20.7. The second kappa shape index (κ2) is 7.22. The second-order valence-corrected chi connectivity index (χ2v) is 8.10. The molecule has 1 aliphatic heterocycles. The number of hydrogen-bond donors (Lipinski definition) is 1. The van der Waals surface area contributed by atoms with E-state index in [0.29, 0.717) is 44.6 Å². The molecule has 0 unspecified atom stereocenters. The van der Waals surface area contributed by atoms with E-state index in [-0.39, 0.29) is 11.8 Å². The zero-order valence-electron chi connectivity index (χ0n) is 16.6. The summed E-state index contributed by atoms with van der Waals surface area (Å²) in [6.45, 7) is 1.91. The van der Waals surface area contributed by atoms with E-state index in [0.717, 1.165) is 22.0 Å². The third-order valence-corrected chi connectivity index (χ3v) is 6.04. The van der Waals surface area contributed by atoms with Crippen LogP contribution in [0.5, 0.6) is 0 Å². The van der Waals surface area contributed by atoms with E-state index < -0.39 is 5.60 Å². The molecule has 2 aromatic carbocycles. The van der Waals surface area contributed by atoms with E-state index in [9.17, 15) is 14.7 Å². The van der Waals surface area contributed by atoms with Crippen LogP contribution in [0.2, 0.25) is 0 Å². The molecule has 0 radical (unpaired) electrons. The van der Waals surface area contributed by atoms with Gasteiger partial charge in [0, 0.05) is 43.3 Å². The van der Waals surface area contributed by atoms with Gasteiger partial charge >= 0.3 is 0 Å². The van der Waals surface area contributed by atoms with Crippen molar-refractivity contribution in [1.29, 1.82) is 0 Å². The Labute approximate surface area is 174 Å². The van der Waals surface area contributed by atoms with Crippen LogP contribution >= 0.6 is 0 Å². The largest absolute Gasteiger partial charge is 0.380 e. The van der Waals surface area contributed by atoms with Gasteiger partial charge in [0.05, 0.1) is 5.52 Å². The maximum Gasteiger partial charge on any atom is 0.254 e. The van der Waals surface area contributed by atoms with Gasteiger partial charge in [0.25, 0.3) is 11.8 Å². The molecule has 0 atom stereocenters. The highest BCUT2D eigenvalue weighted by Crippen LogP contribution is 2.37. The number of benzene rings is 2. The fourth-order valence-electron chi connectivity index (χ4n) is 3.98. The summed E-state index contributed by atoms with van der Waals surface area (Å²) in [4.78, 5) is 32.9. The molecule has 6 nitrogen and oxygen atoms in total. The van der Waals surface area contributed by atoms with Crippen LogP contribution in [0, 0.1) is 0 Å².